The summed E-state index contributed by atoms with van der Waals surface area (Å²) in [7, 11) is 0. The summed E-state index contributed by atoms with van der Waals surface area (Å²) in [6, 6.07) is 9.00. The molecule has 2 aliphatic rings. The number of nitrogens with one attached hydrogen (secondary N) is 2. The molecular weight excluding hydrogens is 331 g/mol. The Morgan fingerprint density at radius 2 is 1.83 bits per heavy atom. The molecule has 0 saturated carbocycles. The number of amides is 1. The lowest BCUT2D eigenvalue weighted by molar-refractivity contribution is 0.0918. The molecule has 2 fully saturated rings. The highest BCUT2D eigenvalue weighted by Gasteiger charge is 2.34. The van der Waals surface area contributed by atoms with E-state index in [1.54, 1.807) is 29.1 Å². The van der Waals surface area contributed by atoms with Crippen molar-refractivity contribution in [1.29, 1.82) is 0 Å². The number of hydrogen-bond acceptors (Lipinski definition) is 3. The summed E-state index contributed by atoms with van der Waals surface area (Å²) in [6.07, 6.45) is 6.10. The number of carbonyl (C=O) groups is 1. The number of piperidine rings is 1. The Hall–Kier alpha value is -1.92. The highest BCUT2D eigenvalue weighted by atomic mass is 35.5. The number of halogens is 2. The molecule has 1 aromatic heterocycles. The SMILES string of the molecule is Cl.O=C(NC1CC2CCC(C1)N2)c1ccn(-c2ccc(F)cc2)n1. The van der Waals surface area contributed by atoms with Crippen molar-refractivity contribution >= 4 is 18.3 Å². The second-order valence-corrected chi connectivity index (χ2v) is 6.40. The topological polar surface area (TPSA) is 59.0 Å². The van der Waals surface area contributed by atoms with Gasteiger partial charge in [-0.05, 0) is 56.0 Å². The first kappa shape index (κ1) is 16.9. The van der Waals surface area contributed by atoms with Gasteiger partial charge in [-0.2, -0.15) is 5.10 Å². The van der Waals surface area contributed by atoms with Crippen molar-refractivity contribution in [3.63, 3.8) is 0 Å². The number of fused-ring (bicyclic) bond motifs is 2. The van der Waals surface area contributed by atoms with Crippen LogP contribution >= 0.6 is 12.4 Å². The molecule has 128 valence electrons. The second-order valence-electron chi connectivity index (χ2n) is 6.40. The van der Waals surface area contributed by atoms with Gasteiger partial charge in [-0.3, -0.25) is 4.79 Å². The van der Waals surface area contributed by atoms with E-state index in [0.29, 0.717) is 17.8 Å². The van der Waals surface area contributed by atoms with Gasteiger partial charge in [0.15, 0.2) is 5.69 Å². The molecule has 4 rings (SSSR count). The van der Waals surface area contributed by atoms with E-state index in [4.69, 9.17) is 0 Å². The Morgan fingerprint density at radius 1 is 1.17 bits per heavy atom. The lowest BCUT2D eigenvalue weighted by Gasteiger charge is -2.29. The zero-order valence-electron chi connectivity index (χ0n) is 13.1. The van der Waals surface area contributed by atoms with E-state index in [1.807, 2.05) is 0 Å². The van der Waals surface area contributed by atoms with Gasteiger partial charge in [0.05, 0.1) is 5.69 Å². The molecule has 0 radical (unpaired) electrons. The van der Waals surface area contributed by atoms with Gasteiger partial charge in [0, 0.05) is 24.3 Å². The van der Waals surface area contributed by atoms with Gasteiger partial charge < -0.3 is 10.6 Å². The van der Waals surface area contributed by atoms with Crippen LogP contribution in [0.5, 0.6) is 0 Å². The van der Waals surface area contributed by atoms with Gasteiger partial charge in [-0.15, -0.1) is 12.4 Å². The van der Waals surface area contributed by atoms with Gasteiger partial charge in [0.2, 0.25) is 0 Å². The molecule has 1 aromatic carbocycles. The molecule has 1 amide bonds. The predicted molar refractivity (Wildman–Crippen MR) is 91.2 cm³/mol. The summed E-state index contributed by atoms with van der Waals surface area (Å²) >= 11 is 0. The maximum Gasteiger partial charge on any atom is 0.272 e. The largest absolute Gasteiger partial charge is 0.348 e. The summed E-state index contributed by atoms with van der Waals surface area (Å²) in [5, 5.41) is 11.0. The molecule has 7 heteroatoms. The monoisotopic (exact) mass is 350 g/mol. The van der Waals surface area contributed by atoms with Crippen LogP contribution in [-0.2, 0) is 0 Å². The summed E-state index contributed by atoms with van der Waals surface area (Å²) < 4.78 is 14.5. The molecule has 3 heterocycles. The van der Waals surface area contributed by atoms with Gasteiger partial charge in [0.25, 0.3) is 5.91 Å². The van der Waals surface area contributed by atoms with Crippen LogP contribution in [0.15, 0.2) is 36.5 Å². The highest BCUT2D eigenvalue weighted by molar-refractivity contribution is 5.92. The van der Waals surface area contributed by atoms with Crippen molar-refractivity contribution in [2.45, 2.75) is 43.8 Å². The average Bonchev–Trinajstić information content (AvgIpc) is 3.15. The second kappa shape index (κ2) is 6.91. The molecule has 2 atom stereocenters. The molecule has 2 saturated heterocycles. The van der Waals surface area contributed by atoms with Crippen LogP contribution in [0.3, 0.4) is 0 Å². The quantitative estimate of drug-likeness (QED) is 0.894. The molecule has 0 aliphatic carbocycles. The Balaban J connectivity index is 0.00000169. The molecular formula is C17H20ClFN4O. The van der Waals surface area contributed by atoms with E-state index in [2.05, 4.69) is 15.7 Å². The normalized spacial score (nSPS) is 25.1. The van der Waals surface area contributed by atoms with E-state index in [9.17, 15) is 9.18 Å². The van der Waals surface area contributed by atoms with Crippen molar-refractivity contribution in [2.24, 2.45) is 0 Å². The smallest absolute Gasteiger partial charge is 0.272 e. The molecule has 2 unspecified atom stereocenters. The molecule has 2 aliphatic heterocycles. The number of benzene rings is 1. The number of nitrogens with zero attached hydrogens (tertiary/aromatic N) is 2. The van der Waals surface area contributed by atoms with Crippen molar-refractivity contribution in [2.75, 3.05) is 0 Å². The Labute approximate surface area is 146 Å². The first-order valence-electron chi connectivity index (χ1n) is 8.06. The van der Waals surface area contributed by atoms with Crippen molar-refractivity contribution in [1.82, 2.24) is 20.4 Å². The number of hydrogen-bond donors (Lipinski definition) is 2. The molecule has 2 N–H and O–H groups in total. The van der Waals surface area contributed by atoms with E-state index < -0.39 is 0 Å². The molecule has 0 spiro atoms. The molecule has 5 nitrogen and oxygen atoms in total. The van der Waals surface area contributed by atoms with Crippen LogP contribution in [-0.4, -0.2) is 33.8 Å². The maximum atomic E-state index is 13.0. The van der Waals surface area contributed by atoms with Crippen LogP contribution in [0.2, 0.25) is 0 Å². The fraction of sp³-hybridized carbons (Fsp3) is 0.412. The first-order valence-corrected chi connectivity index (χ1v) is 8.06. The van der Waals surface area contributed by atoms with Gasteiger partial charge in [-0.1, -0.05) is 0 Å². The minimum atomic E-state index is -0.292. The summed E-state index contributed by atoms with van der Waals surface area (Å²) in [5.41, 5.74) is 1.12. The van der Waals surface area contributed by atoms with Crippen molar-refractivity contribution in [3.05, 3.63) is 48.0 Å². The number of carbonyl (C=O) groups excluding carboxylic acids is 1. The van der Waals surface area contributed by atoms with Crippen LogP contribution in [0.25, 0.3) is 5.69 Å². The zero-order valence-corrected chi connectivity index (χ0v) is 13.9. The summed E-state index contributed by atoms with van der Waals surface area (Å²) in [6.45, 7) is 0. The fourth-order valence-electron chi connectivity index (χ4n) is 3.62. The lowest BCUT2D eigenvalue weighted by atomic mass is 10.00. The van der Waals surface area contributed by atoms with Crippen molar-refractivity contribution in [3.8, 4) is 5.69 Å². The van der Waals surface area contributed by atoms with Crippen LogP contribution in [0, 0.1) is 5.82 Å². The third kappa shape index (κ3) is 3.44. The van der Waals surface area contributed by atoms with Gasteiger partial charge in [-0.25, -0.2) is 9.07 Å². The zero-order chi connectivity index (χ0) is 15.8. The maximum absolute atomic E-state index is 13.0. The standard InChI is InChI=1S/C17H19FN4O.ClH/c18-11-1-5-15(6-2-11)22-8-7-16(21-22)17(23)20-14-9-12-3-4-13(10-14)19-12;/h1-2,5-8,12-14,19H,3-4,9-10H2,(H,20,23);1H. The van der Waals surface area contributed by atoms with Crippen molar-refractivity contribution < 1.29 is 9.18 Å². The van der Waals surface area contributed by atoms with Crippen LogP contribution in [0.4, 0.5) is 4.39 Å². The average molecular weight is 351 g/mol. The third-order valence-corrected chi connectivity index (χ3v) is 4.72. The van der Waals surface area contributed by atoms with E-state index in [-0.39, 0.29) is 30.2 Å². The Bertz CT molecular complexity index is 706. The van der Waals surface area contributed by atoms with Crippen LogP contribution in [0.1, 0.15) is 36.2 Å². The lowest BCUT2D eigenvalue weighted by Crippen LogP contribution is -2.48. The summed E-state index contributed by atoms with van der Waals surface area (Å²) in [4.78, 5) is 12.4. The predicted octanol–water partition coefficient (Wildman–Crippen LogP) is 2.45. The molecule has 24 heavy (non-hydrogen) atoms. The molecule has 2 aromatic rings. The van der Waals surface area contributed by atoms with E-state index in [0.717, 1.165) is 18.5 Å². The number of aromatic nitrogens is 2. The number of rotatable bonds is 3. The van der Waals surface area contributed by atoms with E-state index >= 15 is 0 Å². The minimum Gasteiger partial charge on any atom is -0.348 e. The minimum absolute atomic E-state index is 0. The fourth-order valence-corrected chi connectivity index (χ4v) is 3.62. The van der Waals surface area contributed by atoms with E-state index in [1.165, 1.54) is 25.0 Å². The third-order valence-electron chi connectivity index (χ3n) is 4.72. The van der Waals surface area contributed by atoms with Gasteiger partial charge in [0.1, 0.15) is 5.82 Å². The Kier molecular flexibility index (Phi) is 4.87. The van der Waals surface area contributed by atoms with Crippen LogP contribution < -0.4 is 10.6 Å². The summed E-state index contributed by atoms with van der Waals surface area (Å²) in [5.74, 6) is -0.434. The van der Waals surface area contributed by atoms with Gasteiger partial charge >= 0.3 is 0 Å². The Morgan fingerprint density at radius 3 is 2.50 bits per heavy atom. The molecule has 2 bridgehead atoms. The first-order chi connectivity index (χ1) is 11.2. The highest BCUT2D eigenvalue weighted by Crippen LogP contribution is 2.26.